The molecule has 1 amide bonds. The molecule has 4 aromatic rings. The Morgan fingerprint density at radius 3 is 2.38 bits per heavy atom. The molecular formula is C34H29BrCl2F3N3O5. The maximum atomic E-state index is 14.4. The van der Waals surface area contributed by atoms with E-state index >= 15 is 0 Å². The van der Waals surface area contributed by atoms with Crippen LogP contribution in [0.5, 0.6) is 11.5 Å². The molecule has 4 aromatic carbocycles. The van der Waals surface area contributed by atoms with Crippen molar-refractivity contribution in [3.63, 3.8) is 0 Å². The zero-order valence-electron chi connectivity index (χ0n) is 25.1. The molecule has 48 heavy (non-hydrogen) atoms. The van der Waals surface area contributed by atoms with Crippen LogP contribution in [-0.4, -0.2) is 42.0 Å². The largest absolute Gasteiger partial charge is 0.573 e. The predicted octanol–water partition coefficient (Wildman–Crippen LogP) is 7.74. The Kier molecular flexibility index (Phi) is 11.5. The first-order chi connectivity index (χ1) is 23.0. The molecule has 0 radical (unpaired) electrons. The number of carbonyl (C=O) groups is 1. The molecule has 0 bridgehead atoms. The molecule has 1 aliphatic heterocycles. The molecule has 2 atom stereocenters. The second-order valence-corrected chi connectivity index (χ2v) is 12.4. The summed E-state index contributed by atoms with van der Waals surface area (Å²) >= 11 is 16.5. The van der Waals surface area contributed by atoms with Crippen molar-refractivity contribution in [2.45, 2.75) is 37.4 Å². The number of carbonyl (C=O) groups excluding carboxylic acids is 1. The van der Waals surface area contributed by atoms with Gasteiger partial charge in [0.25, 0.3) is 5.91 Å². The van der Waals surface area contributed by atoms with E-state index < -0.39 is 23.9 Å². The van der Waals surface area contributed by atoms with Crippen LogP contribution < -0.4 is 20.3 Å². The third kappa shape index (κ3) is 8.80. The number of alkyl halides is 3. The Labute approximate surface area is 292 Å². The third-order valence-corrected chi connectivity index (χ3v) is 8.68. The maximum absolute atomic E-state index is 14.4. The number of hydrazine groups is 1. The third-order valence-electron chi connectivity index (χ3n) is 7.34. The zero-order chi connectivity index (χ0) is 34.3. The maximum Gasteiger partial charge on any atom is 0.573 e. The van der Waals surface area contributed by atoms with E-state index in [2.05, 4.69) is 31.5 Å². The van der Waals surface area contributed by atoms with Crippen LogP contribution in [0.25, 0.3) is 0 Å². The molecule has 0 saturated heterocycles. The van der Waals surface area contributed by atoms with Crippen LogP contribution in [0.2, 0.25) is 10.0 Å². The summed E-state index contributed by atoms with van der Waals surface area (Å²) < 4.78 is 54.6. The highest BCUT2D eigenvalue weighted by atomic mass is 79.9. The molecule has 252 valence electrons. The minimum Gasteiger partial charge on any atom is -0.494 e. The molecule has 0 unspecified atom stereocenters. The van der Waals surface area contributed by atoms with Gasteiger partial charge < -0.3 is 19.3 Å². The Balaban J connectivity index is 1.49. The van der Waals surface area contributed by atoms with Gasteiger partial charge in [0.15, 0.2) is 11.6 Å². The summed E-state index contributed by atoms with van der Waals surface area (Å²) in [6.07, 6.45) is -5.25. The lowest BCUT2D eigenvalue weighted by molar-refractivity contribution is -0.274. The molecule has 0 fully saturated rings. The first kappa shape index (κ1) is 35.5. The number of benzene rings is 4. The summed E-state index contributed by atoms with van der Waals surface area (Å²) in [5.41, 5.74) is 6.40. The van der Waals surface area contributed by atoms with Crippen molar-refractivity contribution < 1.29 is 37.3 Å². The lowest BCUT2D eigenvalue weighted by Crippen LogP contribution is -2.53. The number of aliphatic hydroxyl groups is 1. The average Bonchev–Trinajstić information content (AvgIpc) is 3.43. The topological polar surface area (TPSA) is 101 Å². The molecule has 8 nitrogen and oxygen atoms in total. The van der Waals surface area contributed by atoms with Gasteiger partial charge in [-0.2, -0.15) is 0 Å². The number of hydrogen-bond donors (Lipinski definition) is 3. The molecular weight excluding hydrogens is 738 g/mol. The van der Waals surface area contributed by atoms with E-state index in [1.165, 1.54) is 24.3 Å². The van der Waals surface area contributed by atoms with Crippen LogP contribution in [-0.2, 0) is 22.5 Å². The standard InChI is InChI=1S/C34H29BrCl2F3N3O5/c35-28-5-2-1-4-23(28)19-33(32(45)43-41-20-21-6-11-26(12-7-21)48-34(38,39)40)30(27-15-10-24(36)18-29(27)37)47-31(42-33)22-8-13-25(14-9-22)46-17-3-16-44/h1-2,4-15,18,30,41,44H,3,16-17,19-20H2,(H,43,45)/t30-,33-/m0/s1. The van der Waals surface area contributed by atoms with Crippen molar-refractivity contribution in [2.75, 3.05) is 13.2 Å². The van der Waals surface area contributed by atoms with E-state index in [1.54, 1.807) is 42.5 Å². The minimum absolute atomic E-state index is 0.0110. The lowest BCUT2D eigenvalue weighted by Gasteiger charge is -2.31. The summed E-state index contributed by atoms with van der Waals surface area (Å²) in [6.45, 7) is 0.431. The van der Waals surface area contributed by atoms with Gasteiger partial charge in [-0.1, -0.05) is 75.5 Å². The van der Waals surface area contributed by atoms with Crippen LogP contribution in [0.4, 0.5) is 13.2 Å². The van der Waals surface area contributed by atoms with E-state index in [0.717, 1.165) is 10.0 Å². The number of nitrogens with zero attached hydrogens (tertiary/aromatic N) is 1. The van der Waals surface area contributed by atoms with Crippen molar-refractivity contribution in [1.29, 1.82) is 0 Å². The Hall–Kier alpha value is -3.81. The van der Waals surface area contributed by atoms with Crippen molar-refractivity contribution >= 4 is 50.9 Å². The van der Waals surface area contributed by atoms with Crippen LogP contribution in [0.1, 0.15) is 34.8 Å². The first-order valence-corrected chi connectivity index (χ1v) is 16.2. The zero-order valence-corrected chi connectivity index (χ0v) is 28.2. The average molecular weight is 767 g/mol. The van der Waals surface area contributed by atoms with E-state index in [0.29, 0.717) is 40.5 Å². The van der Waals surface area contributed by atoms with Gasteiger partial charge in [-0.3, -0.25) is 10.2 Å². The number of aliphatic hydroxyl groups excluding tert-OH is 1. The quantitative estimate of drug-likeness (QED) is 0.0952. The minimum atomic E-state index is -4.81. The summed E-state index contributed by atoms with van der Waals surface area (Å²) in [7, 11) is 0. The number of ether oxygens (including phenoxy) is 3. The highest BCUT2D eigenvalue weighted by molar-refractivity contribution is 9.10. The molecule has 0 saturated carbocycles. The van der Waals surface area contributed by atoms with Crippen LogP contribution in [0.15, 0.2) is 100 Å². The van der Waals surface area contributed by atoms with E-state index in [9.17, 15) is 18.0 Å². The summed E-state index contributed by atoms with van der Waals surface area (Å²) in [6, 6.07) is 24.5. The fourth-order valence-corrected chi connectivity index (χ4v) is 5.98. The lowest BCUT2D eigenvalue weighted by atomic mass is 9.82. The van der Waals surface area contributed by atoms with Crippen LogP contribution in [0.3, 0.4) is 0 Å². The number of rotatable bonds is 13. The van der Waals surface area contributed by atoms with E-state index in [1.807, 2.05) is 24.3 Å². The van der Waals surface area contributed by atoms with Gasteiger partial charge in [0.05, 0.1) is 6.61 Å². The SMILES string of the molecule is O=C(NNCc1ccc(OC(F)(F)F)cc1)[C@@]1(Cc2ccccc2Br)N=C(c2ccc(OCCCO)cc2)O[C@H]1c1ccc(Cl)cc1Cl. The second-order valence-electron chi connectivity index (χ2n) is 10.7. The van der Waals surface area contributed by atoms with Crippen LogP contribution >= 0.6 is 39.1 Å². The van der Waals surface area contributed by atoms with Crippen molar-refractivity contribution in [2.24, 2.45) is 4.99 Å². The summed E-state index contributed by atoms with van der Waals surface area (Å²) in [5, 5.41) is 9.72. The number of nitrogens with one attached hydrogen (secondary N) is 2. The second kappa shape index (κ2) is 15.6. The summed E-state index contributed by atoms with van der Waals surface area (Å²) in [4.78, 5) is 19.3. The van der Waals surface area contributed by atoms with Gasteiger partial charge in [0, 0.05) is 51.6 Å². The van der Waals surface area contributed by atoms with Crippen LogP contribution in [0, 0.1) is 0 Å². The van der Waals surface area contributed by atoms with Gasteiger partial charge in [0.1, 0.15) is 11.5 Å². The molecule has 0 spiro atoms. The Bertz CT molecular complexity index is 1760. The fraction of sp³-hybridized carbons (Fsp3) is 0.235. The number of hydrogen-bond acceptors (Lipinski definition) is 7. The first-order valence-electron chi connectivity index (χ1n) is 14.6. The van der Waals surface area contributed by atoms with E-state index in [-0.39, 0.29) is 36.2 Å². The summed E-state index contributed by atoms with van der Waals surface area (Å²) in [5.74, 6) is -0.136. The molecule has 0 aliphatic carbocycles. The molecule has 1 heterocycles. The highest BCUT2D eigenvalue weighted by Gasteiger charge is 2.54. The Morgan fingerprint density at radius 2 is 1.71 bits per heavy atom. The molecule has 1 aliphatic rings. The smallest absolute Gasteiger partial charge is 0.494 e. The highest BCUT2D eigenvalue weighted by Crippen LogP contribution is 2.45. The van der Waals surface area contributed by atoms with Gasteiger partial charge in [-0.05, 0) is 65.7 Å². The van der Waals surface area contributed by atoms with Gasteiger partial charge >= 0.3 is 6.36 Å². The van der Waals surface area contributed by atoms with Crippen molar-refractivity contribution in [1.82, 2.24) is 10.9 Å². The number of aliphatic imine (C=N–C) groups is 1. The van der Waals surface area contributed by atoms with Gasteiger partial charge in [0.2, 0.25) is 5.90 Å². The van der Waals surface area contributed by atoms with Gasteiger partial charge in [-0.25, -0.2) is 10.4 Å². The normalized spacial score (nSPS) is 17.4. The van der Waals surface area contributed by atoms with Gasteiger partial charge in [-0.15, -0.1) is 13.2 Å². The number of amides is 1. The van der Waals surface area contributed by atoms with Crippen molar-refractivity contribution in [3.05, 3.63) is 128 Å². The van der Waals surface area contributed by atoms with E-state index in [4.69, 9.17) is 42.8 Å². The fourth-order valence-electron chi connectivity index (χ4n) is 5.05. The Morgan fingerprint density at radius 1 is 1.00 bits per heavy atom. The van der Waals surface area contributed by atoms with Crippen molar-refractivity contribution in [3.8, 4) is 11.5 Å². The molecule has 0 aromatic heterocycles. The monoisotopic (exact) mass is 765 g/mol. The molecule has 14 heteroatoms. The molecule has 5 rings (SSSR count). The predicted molar refractivity (Wildman–Crippen MR) is 179 cm³/mol. The number of halogens is 6. The molecule has 3 N–H and O–H groups in total.